The van der Waals surface area contributed by atoms with Gasteiger partial charge in [-0.3, -0.25) is 0 Å². The molecule has 12 rings (SSSR count). The second-order valence-corrected chi connectivity index (χ2v) is 14.7. The molecule has 0 heteroatoms. The molecule has 2 aliphatic rings. The van der Waals surface area contributed by atoms with Gasteiger partial charge in [0.15, 0.2) is 0 Å². The van der Waals surface area contributed by atoms with E-state index in [1.807, 2.05) is 0 Å². The molecule has 0 saturated heterocycles. The van der Waals surface area contributed by atoms with Gasteiger partial charge < -0.3 is 0 Å². The van der Waals surface area contributed by atoms with Crippen molar-refractivity contribution in [1.29, 1.82) is 0 Å². The highest BCUT2D eigenvalue weighted by molar-refractivity contribution is 6.23. The van der Waals surface area contributed by atoms with Gasteiger partial charge in [-0.1, -0.05) is 188 Å². The number of rotatable bonds is 2. The molecule has 1 unspecified atom stereocenters. The predicted molar refractivity (Wildman–Crippen MR) is 224 cm³/mol. The van der Waals surface area contributed by atoms with Crippen LogP contribution in [0, 0.1) is 0 Å². The Labute approximate surface area is 308 Å². The van der Waals surface area contributed by atoms with E-state index in [2.05, 4.69) is 194 Å². The van der Waals surface area contributed by atoms with E-state index in [0.29, 0.717) is 0 Å². The van der Waals surface area contributed by atoms with Gasteiger partial charge in [-0.15, -0.1) is 0 Å². The summed E-state index contributed by atoms with van der Waals surface area (Å²) < 4.78 is 0. The summed E-state index contributed by atoms with van der Waals surface area (Å²) in [4.78, 5) is 0. The lowest BCUT2D eigenvalue weighted by Gasteiger charge is -2.40. The van der Waals surface area contributed by atoms with Crippen molar-refractivity contribution in [3.8, 4) is 44.5 Å². The maximum absolute atomic E-state index is 2.50. The monoisotopic (exact) mass is 668 g/mol. The van der Waals surface area contributed by atoms with Gasteiger partial charge in [0, 0.05) is 0 Å². The smallest absolute Gasteiger partial charge is 0.0619 e. The highest BCUT2D eigenvalue weighted by Gasteiger charge is 2.50. The van der Waals surface area contributed by atoms with Gasteiger partial charge in [-0.2, -0.15) is 0 Å². The molecular formula is C53H32. The average Bonchev–Trinajstić information content (AvgIpc) is 3.51. The van der Waals surface area contributed by atoms with Crippen LogP contribution < -0.4 is 0 Å². The van der Waals surface area contributed by atoms with Crippen LogP contribution in [0.3, 0.4) is 0 Å². The molecule has 2 aliphatic carbocycles. The third-order valence-electron chi connectivity index (χ3n) is 12.3. The fourth-order valence-electron chi connectivity index (χ4n) is 10.3. The minimum Gasteiger partial charge on any atom is -0.0619 e. The largest absolute Gasteiger partial charge is 0.0725 e. The molecule has 0 bridgehead atoms. The lowest BCUT2D eigenvalue weighted by atomic mass is 9.61. The van der Waals surface area contributed by atoms with Crippen LogP contribution in [0.2, 0.25) is 0 Å². The molecule has 0 amide bonds. The van der Waals surface area contributed by atoms with Crippen molar-refractivity contribution in [2.45, 2.75) is 5.41 Å². The lowest BCUT2D eigenvalue weighted by molar-refractivity contribution is 0.773. The quantitative estimate of drug-likeness (QED) is 0.161. The molecule has 53 heavy (non-hydrogen) atoms. The van der Waals surface area contributed by atoms with Crippen LogP contribution in [0.4, 0.5) is 0 Å². The van der Waals surface area contributed by atoms with Gasteiger partial charge in [0.2, 0.25) is 0 Å². The number of hydrogen-bond acceptors (Lipinski definition) is 0. The summed E-state index contributed by atoms with van der Waals surface area (Å²) in [5.74, 6) is 0. The number of fused-ring (bicyclic) bond motifs is 12. The maximum atomic E-state index is 2.50. The van der Waals surface area contributed by atoms with Crippen LogP contribution in [-0.4, -0.2) is 0 Å². The second kappa shape index (κ2) is 10.6. The third-order valence-corrected chi connectivity index (χ3v) is 12.3. The molecule has 0 radical (unpaired) electrons. The first-order valence-electron chi connectivity index (χ1n) is 18.6. The average molecular weight is 669 g/mol. The predicted octanol–water partition coefficient (Wildman–Crippen LogP) is 14.0. The molecule has 10 aromatic carbocycles. The molecule has 10 aromatic rings. The Morgan fingerprint density at radius 3 is 1.42 bits per heavy atom. The van der Waals surface area contributed by atoms with E-state index in [-0.39, 0.29) is 0 Å². The van der Waals surface area contributed by atoms with Gasteiger partial charge in [-0.05, 0) is 116 Å². The normalized spacial score (nSPS) is 15.2. The first-order valence-corrected chi connectivity index (χ1v) is 18.6. The molecule has 0 aromatic heterocycles. The molecule has 0 saturated carbocycles. The Balaban J connectivity index is 1.18. The molecule has 1 spiro atoms. The summed E-state index contributed by atoms with van der Waals surface area (Å²) in [6, 6.07) is 72.9. The van der Waals surface area contributed by atoms with E-state index in [9.17, 15) is 0 Å². The highest BCUT2D eigenvalue weighted by Crippen LogP contribution is 2.62. The van der Waals surface area contributed by atoms with E-state index in [1.54, 1.807) is 0 Å². The second-order valence-electron chi connectivity index (χ2n) is 14.7. The van der Waals surface area contributed by atoms with Gasteiger partial charge >= 0.3 is 0 Å². The summed E-state index contributed by atoms with van der Waals surface area (Å²) >= 11 is 0. The van der Waals surface area contributed by atoms with Crippen molar-refractivity contribution >= 4 is 43.1 Å². The topological polar surface area (TPSA) is 0 Å². The zero-order valence-electron chi connectivity index (χ0n) is 29.0. The van der Waals surface area contributed by atoms with E-state index in [0.717, 1.165) is 0 Å². The summed E-state index contributed by atoms with van der Waals surface area (Å²) in [5, 5.41) is 10.3. The molecule has 0 heterocycles. The summed E-state index contributed by atoms with van der Waals surface area (Å²) in [6.07, 6.45) is 0. The standard InChI is InChI=1S/C53H32/c1-2-18-36-33(14-1)15-11-25-39(36)52-43-23-5-3-21-41(43)50(42-22-4-6-24-44(42)52)35-30-31-48-45(32-35)38-20-8-10-28-47(38)53(48)46-27-9-7-19-37(46)40-26-12-16-34-17-13-29-49(53)51(34)40/h1-32H. The molecule has 0 aliphatic heterocycles. The fourth-order valence-corrected chi connectivity index (χ4v) is 10.3. The fraction of sp³-hybridized carbons (Fsp3) is 0.0189. The zero-order valence-corrected chi connectivity index (χ0v) is 29.0. The Kier molecular flexibility index (Phi) is 5.80. The van der Waals surface area contributed by atoms with E-state index in [1.165, 1.54) is 110 Å². The Hall–Kier alpha value is -6.76. The van der Waals surface area contributed by atoms with Crippen LogP contribution in [0.5, 0.6) is 0 Å². The van der Waals surface area contributed by atoms with E-state index >= 15 is 0 Å². The molecule has 244 valence electrons. The lowest BCUT2D eigenvalue weighted by Crippen LogP contribution is -2.31. The van der Waals surface area contributed by atoms with Gasteiger partial charge in [0.05, 0.1) is 5.41 Å². The first kappa shape index (κ1) is 28.9. The van der Waals surface area contributed by atoms with Crippen molar-refractivity contribution in [3.63, 3.8) is 0 Å². The van der Waals surface area contributed by atoms with Crippen LogP contribution >= 0.6 is 0 Å². The van der Waals surface area contributed by atoms with Crippen LogP contribution in [0.15, 0.2) is 194 Å². The molecule has 0 nitrogen and oxygen atoms in total. The van der Waals surface area contributed by atoms with Crippen LogP contribution in [0.1, 0.15) is 22.3 Å². The van der Waals surface area contributed by atoms with Crippen molar-refractivity contribution in [3.05, 3.63) is 216 Å². The highest BCUT2D eigenvalue weighted by atomic mass is 14.5. The van der Waals surface area contributed by atoms with Gasteiger partial charge in [0.25, 0.3) is 0 Å². The van der Waals surface area contributed by atoms with Gasteiger partial charge in [-0.25, -0.2) is 0 Å². The number of benzene rings is 10. The van der Waals surface area contributed by atoms with Crippen molar-refractivity contribution < 1.29 is 0 Å². The Morgan fingerprint density at radius 1 is 0.264 bits per heavy atom. The molecule has 0 N–H and O–H groups in total. The summed E-state index contributed by atoms with van der Waals surface area (Å²) in [7, 11) is 0. The number of hydrogen-bond donors (Lipinski definition) is 0. The van der Waals surface area contributed by atoms with Crippen molar-refractivity contribution in [1.82, 2.24) is 0 Å². The Morgan fingerprint density at radius 2 is 0.717 bits per heavy atom. The minimum absolute atomic E-state index is 0.419. The maximum Gasteiger partial charge on any atom is 0.0725 e. The van der Waals surface area contributed by atoms with Crippen LogP contribution in [0.25, 0.3) is 87.6 Å². The molecule has 0 fully saturated rings. The van der Waals surface area contributed by atoms with Gasteiger partial charge in [0.1, 0.15) is 0 Å². The SMILES string of the molecule is c1ccc2c(c1)-c1cc(-c3c4ccccc4c(-c4cccc5ccccc45)c4ccccc34)ccc1C21c2ccccc2-c2cccc3cccc1c23. The third kappa shape index (κ3) is 3.70. The first-order chi connectivity index (χ1) is 26.3. The van der Waals surface area contributed by atoms with E-state index < -0.39 is 5.41 Å². The summed E-state index contributed by atoms with van der Waals surface area (Å²) in [6.45, 7) is 0. The van der Waals surface area contributed by atoms with Crippen molar-refractivity contribution in [2.75, 3.05) is 0 Å². The van der Waals surface area contributed by atoms with Crippen molar-refractivity contribution in [2.24, 2.45) is 0 Å². The van der Waals surface area contributed by atoms with Crippen LogP contribution in [-0.2, 0) is 5.41 Å². The Bertz CT molecular complexity index is 3110. The zero-order chi connectivity index (χ0) is 34.7. The molecular weight excluding hydrogens is 637 g/mol. The summed E-state index contributed by atoms with van der Waals surface area (Å²) in [5.41, 5.74) is 15.4. The molecule has 1 atom stereocenters. The van der Waals surface area contributed by atoms with E-state index in [4.69, 9.17) is 0 Å². The minimum atomic E-state index is -0.419.